The van der Waals surface area contributed by atoms with Crippen LogP contribution < -0.4 is 5.32 Å². The molecule has 1 N–H and O–H groups in total. The molecule has 1 rings (SSSR count). The van der Waals surface area contributed by atoms with E-state index in [1.807, 2.05) is 34.7 Å². The minimum atomic E-state index is -0.458. The van der Waals surface area contributed by atoms with Crippen molar-refractivity contribution in [1.29, 1.82) is 0 Å². The van der Waals surface area contributed by atoms with E-state index in [2.05, 4.69) is 29.1 Å². The lowest BCUT2D eigenvalue weighted by Crippen LogP contribution is -2.26. The monoisotopic (exact) mass is 251 g/mol. The van der Waals surface area contributed by atoms with Crippen molar-refractivity contribution in [1.82, 2.24) is 9.97 Å². The van der Waals surface area contributed by atoms with Crippen molar-refractivity contribution in [2.45, 2.75) is 53.1 Å². The standard InChI is InChI=1S/C14H25N3O/c1-8-18-14(5,6)13-16-10(4)11(9(2)3)12(15-7)17-13/h9H,8H2,1-7H3,(H,15,16,17). The molecule has 102 valence electrons. The van der Waals surface area contributed by atoms with Gasteiger partial charge in [0.25, 0.3) is 0 Å². The fourth-order valence-corrected chi connectivity index (χ4v) is 2.16. The predicted molar refractivity (Wildman–Crippen MR) is 75.1 cm³/mol. The summed E-state index contributed by atoms with van der Waals surface area (Å²) < 4.78 is 5.72. The minimum absolute atomic E-state index is 0.400. The Morgan fingerprint density at radius 1 is 1.28 bits per heavy atom. The summed E-state index contributed by atoms with van der Waals surface area (Å²) in [5, 5.41) is 3.17. The van der Waals surface area contributed by atoms with E-state index in [0.717, 1.165) is 17.3 Å². The Morgan fingerprint density at radius 3 is 2.33 bits per heavy atom. The molecule has 0 unspecified atom stereocenters. The van der Waals surface area contributed by atoms with Crippen molar-refractivity contribution in [2.75, 3.05) is 19.0 Å². The molecule has 18 heavy (non-hydrogen) atoms. The highest BCUT2D eigenvalue weighted by atomic mass is 16.5. The van der Waals surface area contributed by atoms with Crippen LogP contribution in [0.3, 0.4) is 0 Å². The first-order chi connectivity index (χ1) is 8.33. The number of aromatic nitrogens is 2. The molecule has 0 bridgehead atoms. The molecule has 0 atom stereocenters. The fraction of sp³-hybridized carbons (Fsp3) is 0.714. The van der Waals surface area contributed by atoms with E-state index in [0.29, 0.717) is 12.5 Å². The summed E-state index contributed by atoms with van der Waals surface area (Å²) in [5.41, 5.74) is 1.74. The van der Waals surface area contributed by atoms with Crippen LogP contribution in [-0.2, 0) is 10.3 Å². The van der Waals surface area contributed by atoms with Crippen molar-refractivity contribution >= 4 is 5.82 Å². The maximum atomic E-state index is 5.72. The van der Waals surface area contributed by atoms with E-state index in [-0.39, 0.29) is 0 Å². The maximum Gasteiger partial charge on any atom is 0.162 e. The molecule has 0 aromatic carbocycles. The average molecular weight is 251 g/mol. The molecule has 1 heterocycles. The number of anilines is 1. The maximum absolute atomic E-state index is 5.72. The molecular formula is C14H25N3O. The predicted octanol–water partition coefficient (Wildman–Crippen LogP) is 3.22. The second-order valence-electron chi connectivity index (χ2n) is 5.24. The Labute approximate surface area is 110 Å². The van der Waals surface area contributed by atoms with Gasteiger partial charge >= 0.3 is 0 Å². The first-order valence-electron chi connectivity index (χ1n) is 6.54. The van der Waals surface area contributed by atoms with Gasteiger partial charge in [0.15, 0.2) is 5.82 Å². The zero-order valence-electron chi connectivity index (χ0n) is 12.6. The Kier molecular flexibility index (Phi) is 4.68. The van der Waals surface area contributed by atoms with E-state index < -0.39 is 5.60 Å². The molecule has 1 aromatic heterocycles. The first-order valence-corrected chi connectivity index (χ1v) is 6.54. The van der Waals surface area contributed by atoms with Crippen molar-refractivity contribution in [2.24, 2.45) is 0 Å². The molecule has 0 saturated heterocycles. The summed E-state index contributed by atoms with van der Waals surface area (Å²) in [6.07, 6.45) is 0. The van der Waals surface area contributed by atoms with Gasteiger partial charge in [-0.15, -0.1) is 0 Å². The van der Waals surface area contributed by atoms with Crippen LogP contribution in [0.15, 0.2) is 0 Å². The largest absolute Gasteiger partial charge is 0.373 e. The number of ether oxygens (including phenoxy) is 1. The molecule has 0 aliphatic heterocycles. The van der Waals surface area contributed by atoms with Crippen LogP contribution in [0.4, 0.5) is 5.82 Å². The van der Waals surface area contributed by atoms with Gasteiger partial charge in [0.1, 0.15) is 11.4 Å². The van der Waals surface area contributed by atoms with E-state index >= 15 is 0 Å². The molecule has 0 aliphatic carbocycles. The molecular weight excluding hydrogens is 226 g/mol. The zero-order chi connectivity index (χ0) is 13.9. The number of nitrogens with zero attached hydrogens (tertiary/aromatic N) is 2. The third-order valence-electron chi connectivity index (χ3n) is 2.99. The number of hydrogen-bond donors (Lipinski definition) is 1. The third-order valence-corrected chi connectivity index (χ3v) is 2.99. The van der Waals surface area contributed by atoms with E-state index in [4.69, 9.17) is 4.74 Å². The number of rotatable bonds is 5. The van der Waals surface area contributed by atoms with Crippen molar-refractivity contribution in [3.63, 3.8) is 0 Å². The summed E-state index contributed by atoms with van der Waals surface area (Å²) in [7, 11) is 1.89. The Hall–Kier alpha value is -1.16. The van der Waals surface area contributed by atoms with Crippen LogP contribution in [0.25, 0.3) is 0 Å². The molecule has 0 amide bonds. The SMILES string of the molecule is CCOC(C)(C)c1nc(C)c(C(C)C)c(NC)n1. The Balaban J connectivity index is 3.30. The van der Waals surface area contributed by atoms with Crippen LogP contribution in [0.5, 0.6) is 0 Å². The molecule has 0 fully saturated rings. The summed E-state index contributed by atoms with van der Waals surface area (Å²) in [5.74, 6) is 2.03. The molecule has 4 nitrogen and oxygen atoms in total. The lowest BCUT2D eigenvalue weighted by molar-refractivity contribution is -0.0208. The van der Waals surface area contributed by atoms with Crippen LogP contribution in [0.2, 0.25) is 0 Å². The Morgan fingerprint density at radius 2 is 1.89 bits per heavy atom. The lowest BCUT2D eigenvalue weighted by atomic mass is 10.0. The van der Waals surface area contributed by atoms with Crippen molar-refractivity contribution in [3.8, 4) is 0 Å². The topological polar surface area (TPSA) is 47.0 Å². The van der Waals surface area contributed by atoms with Crippen molar-refractivity contribution < 1.29 is 4.74 Å². The van der Waals surface area contributed by atoms with Crippen molar-refractivity contribution in [3.05, 3.63) is 17.1 Å². The van der Waals surface area contributed by atoms with Gasteiger partial charge in [0.2, 0.25) is 0 Å². The molecule has 0 saturated carbocycles. The molecule has 0 radical (unpaired) electrons. The quantitative estimate of drug-likeness (QED) is 0.873. The van der Waals surface area contributed by atoms with Gasteiger partial charge in [0.05, 0.1) is 0 Å². The number of aryl methyl sites for hydroxylation is 1. The van der Waals surface area contributed by atoms with E-state index in [1.165, 1.54) is 5.56 Å². The second kappa shape index (κ2) is 5.65. The van der Waals surface area contributed by atoms with Crippen LogP contribution in [0, 0.1) is 6.92 Å². The Bertz CT molecular complexity index is 414. The highest BCUT2D eigenvalue weighted by molar-refractivity contribution is 5.48. The fourth-order valence-electron chi connectivity index (χ4n) is 2.16. The van der Waals surface area contributed by atoms with Crippen LogP contribution >= 0.6 is 0 Å². The number of hydrogen-bond acceptors (Lipinski definition) is 4. The van der Waals surface area contributed by atoms with Crippen LogP contribution in [0.1, 0.15) is 57.6 Å². The van der Waals surface area contributed by atoms with Gasteiger partial charge in [-0.3, -0.25) is 0 Å². The van der Waals surface area contributed by atoms with Gasteiger partial charge in [0, 0.05) is 24.9 Å². The zero-order valence-corrected chi connectivity index (χ0v) is 12.6. The minimum Gasteiger partial charge on any atom is -0.373 e. The second-order valence-corrected chi connectivity index (χ2v) is 5.24. The normalized spacial score (nSPS) is 12.0. The summed E-state index contributed by atoms with van der Waals surface area (Å²) in [4.78, 5) is 9.23. The van der Waals surface area contributed by atoms with Crippen LogP contribution in [-0.4, -0.2) is 23.6 Å². The first kappa shape index (κ1) is 14.9. The van der Waals surface area contributed by atoms with Gasteiger partial charge in [-0.1, -0.05) is 13.8 Å². The van der Waals surface area contributed by atoms with Gasteiger partial charge in [-0.2, -0.15) is 0 Å². The van der Waals surface area contributed by atoms with E-state index in [9.17, 15) is 0 Å². The lowest BCUT2D eigenvalue weighted by Gasteiger charge is -2.25. The molecule has 0 spiro atoms. The molecule has 0 aliphatic rings. The van der Waals surface area contributed by atoms with Gasteiger partial charge < -0.3 is 10.1 Å². The summed E-state index contributed by atoms with van der Waals surface area (Å²) in [6, 6.07) is 0. The summed E-state index contributed by atoms with van der Waals surface area (Å²) >= 11 is 0. The molecule has 1 aromatic rings. The average Bonchev–Trinajstić information content (AvgIpc) is 2.27. The van der Waals surface area contributed by atoms with E-state index in [1.54, 1.807) is 0 Å². The van der Waals surface area contributed by atoms with Gasteiger partial charge in [-0.25, -0.2) is 9.97 Å². The summed E-state index contributed by atoms with van der Waals surface area (Å²) in [6.45, 7) is 13.0. The van der Waals surface area contributed by atoms with Gasteiger partial charge in [-0.05, 0) is 33.6 Å². The third kappa shape index (κ3) is 2.99. The highest BCUT2D eigenvalue weighted by Gasteiger charge is 2.26. The number of nitrogens with one attached hydrogen (secondary N) is 1. The highest BCUT2D eigenvalue weighted by Crippen LogP contribution is 2.29. The smallest absolute Gasteiger partial charge is 0.162 e. The molecule has 4 heteroatoms.